The minimum absolute atomic E-state index is 0.0694. The summed E-state index contributed by atoms with van der Waals surface area (Å²) in [5, 5.41) is -0.119. The van der Waals surface area contributed by atoms with Crippen LogP contribution in [0.3, 0.4) is 0 Å². The number of benzene rings is 2. The molecule has 6 heteroatoms. The Labute approximate surface area is 138 Å². The van der Waals surface area contributed by atoms with Gasteiger partial charge in [0, 0.05) is 23.0 Å². The highest BCUT2D eigenvalue weighted by Gasteiger charge is 2.35. The maximum absolute atomic E-state index is 12.4. The highest BCUT2D eigenvalue weighted by Crippen LogP contribution is 2.45. The molecule has 0 bridgehead atoms. The lowest BCUT2D eigenvalue weighted by atomic mass is 10.1. The van der Waals surface area contributed by atoms with E-state index in [9.17, 15) is 4.79 Å². The van der Waals surface area contributed by atoms with E-state index in [1.165, 1.54) is 0 Å². The van der Waals surface area contributed by atoms with Gasteiger partial charge >= 0.3 is 0 Å². The first-order valence-corrected chi connectivity index (χ1v) is 8.46. The Hall–Kier alpha value is -2.34. The summed E-state index contributed by atoms with van der Waals surface area (Å²) < 4.78 is 11.2. The second kappa shape index (κ2) is 5.70. The predicted molar refractivity (Wildman–Crippen MR) is 91.0 cm³/mol. The van der Waals surface area contributed by atoms with Gasteiger partial charge in [-0.3, -0.25) is 9.69 Å². The van der Waals surface area contributed by atoms with Gasteiger partial charge in [0.15, 0.2) is 11.5 Å². The van der Waals surface area contributed by atoms with E-state index >= 15 is 0 Å². The fourth-order valence-corrected chi connectivity index (χ4v) is 4.07. The first-order valence-electron chi connectivity index (χ1n) is 7.42. The molecule has 1 saturated heterocycles. The van der Waals surface area contributed by atoms with E-state index < -0.39 is 0 Å². The molecule has 2 aromatic carbocycles. The van der Waals surface area contributed by atoms with E-state index in [-0.39, 0.29) is 11.3 Å². The van der Waals surface area contributed by atoms with Crippen LogP contribution in [-0.2, 0) is 4.79 Å². The number of ether oxygens (including phenoxy) is 2. The number of hydrogen-bond acceptors (Lipinski definition) is 5. The highest BCUT2D eigenvalue weighted by atomic mass is 32.2. The van der Waals surface area contributed by atoms with Crippen LogP contribution in [0.5, 0.6) is 11.5 Å². The van der Waals surface area contributed by atoms with Crippen LogP contribution in [0.4, 0.5) is 11.4 Å². The van der Waals surface area contributed by atoms with Crippen LogP contribution in [0.25, 0.3) is 0 Å². The Morgan fingerprint density at radius 2 is 1.87 bits per heavy atom. The van der Waals surface area contributed by atoms with Crippen molar-refractivity contribution in [3.63, 3.8) is 0 Å². The number of para-hydroxylation sites is 1. The van der Waals surface area contributed by atoms with E-state index in [4.69, 9.17) is 15.2 Å². The Bertz CT molecular complexity index is 765. The van der Waals surface area contributed by atoms with E-state index in [0.29, 0.717) is 30.4 Å². The van der Waals surface area contributed by atoms with Gasteiger partial charge in [-0.15, -0.1) is 11.8 Å². The fourth-order valence-electron chi connectivity index (χ4n) is 2.85. The molecule has 2 aromatic rings. The standard InChI is InChI=1S/C17H16N2O3S/c18-13-4-2-1-3-12(13)17-19(16(20)10-23-17)11-5-6-14-15(9-11)22-8-7-21-14/h1-6,9,17H,7-8,10,18H2/t17-/m1/s1. The van der Waals surface area contributed by atoms with Crippen molar-refractivity contribution in [2.75, 3.05) is 29.6 Å². The Balaban J connectivity index is 1.73. The Morgan fingerprint density at radius 3 is 2.70 bits per heavy atom. The predicted octanol–water partition coefficient (Wildman–Crippen LogP) is 2.82. The number of carbonyl (C=O) groups is 1. The maximum atomic E-state index is 12.4. The lowest BCUT2D eigenvalue weighted by molar-refractivity contribution is -0.115. The quantitative estimate of drug-likeness (QED) is 0.859. The molecule has 0 spiro atoms. The Kier molecular flexibility index (Phi) is 3.53. The zero-order valence-electron chi connectivity index (χ0n) is 12.4. The molecule has 118 valence electrons. The number of nitrogens with zero attached hydrogens (tertiary/aromatic N) is 1. The first kappa shape index (κ1) is 14.3. The third-order valence-electron chi connectivity index (χ3n) is 3.93. The minimum Gasteiger partial charge on any atom is -0.486 e. The van der Waals surface area contributed by atoms with Gasteiger partial charge in [-0.2, -0.15) is 0 Å². The van der Waals surface area contributed by atoms with Crippen LogP contribution in [-0.4, -0.2) is 24.9 Å². The normalized spacial score (nSPS) is 19.9. The summed E-state index contributed by atoms with van der Waals surface area (Å²) >= 11 is 1.58. The van der Waals surface area contributed by atoms with Crippen molar-refractivity contribution in [3.05, 3.63) is 48.0 Å². The van der Waals surface area contributed by atoms with E-state index in [1.54, 1.807) is 16.7 Å². The molecule has 1 fully saturated rings. The van der Waals surface area contributed by atoms with E-state index in [0.717, 1.165) is 17.0 Å². The average molecular weight is 328 g/mol. The summed E-state index contributed by atoms with van der Waals surface area (Å²) in [6.07, 6.45) is 0. The molecule has 0 saturated carbocycles. The average Bonchev–Trinajstić information content (AvgIpc) is 2.96. The number of fused-ring (bicyclic) bond motifs is 1. The molecular formula is C17H16N2O3S. The van der Waals surface area contributed by atoms with Gasteiger partial charge in [0.2, 0.25) is 5.91 Å². The second-order valence-corrected chi connectivity index (χ2v) is 6.45. The van der Waals surface area contributed by atoms with Crippen molar-refractivity contribution in [2.45, 2.75) is 5.37 Å². The van der Waals surface area contributed by atoms with Crippen molar-refractivity contribution in [1.82, 2.24) is 0 Å². The van der Waals surface area contributed by atoms with Gasteiger partial charge in [-0.25, -0.2) is 0 Å². The number of nitrogens with two attached hydrogens (primary N) is 1. The van der Waals surface area contributed by atoms with Gasteiger partial charge < -0.3 is 15.2 Å². The van der Waals surface area contributed by atoms with Crippen LogP contribution in [0.1, 0.15) is 10.9 Å². The second-order valence-electron chi connectivity index (χ2n) is 5.38. The summed E-state index contributed by atoms with van der Waals surface area (Å²) in [6.45, 7) is 1.07. The van der Waals surface area contributed by atoms with Crippen LogP contribution >= 0.6 is 11.8 Å². The number of hydrogen-bond donors (Lipinski definition) is 1. The van der Waals surface area contributed by atoms with E-state index in [2.05, 4.69) is 0 Å². The maximum Gasteiger partial charge on any atom is 0.238 e. The largest absolute Gasteiger partial charge is 0.486 e. The molecule has 1 atom stereocenters. The van der Waals surface area contributed by atoms with Gasteiger partial charge in [-0.05, 0) is 18.2 Å². The number of thioether (sulfide) groups is 1. The number of rotatable bonds is 2. The monoisotopic (exact) mass is 328 g/mol. The molecule has 2 aliphatic rings. The summed E-state index contributed by atoms with van der Waals surface area (Å²) in [6, 6.07) is 13.3. The van der Waals surface area contributed by atoms with Crippen LogP contribution in [0.15, 0.2) is 42.5 Å². The van der Waals surface area contributed by atoms with Crippen LogP contribution in [0.2, 0.25) is 0 Å². The zero-order valence-corrected chi connectivity index (χ0v) is 13.2. The summed E-state index contributed by atoms with van der Waals surface area (Å²) in [5.41, 5.74) is 8.56. The fraction of sp³-hybridized carbons (Fsp3) is 0.235. The molecule has 0 radical (unpaired) electrons. The number of anilines is 2. The molecule has 2 aliphatic heterocycles. The van der Waals surface area contributed by atoms with Gasteiger partial charge in [0.05, 0.1) is 5.75 Å². The minimum atomic E-state index is -0.119. The van der Waals surface area contributed by atoms with Crippen LogP contribution in [0, 0.1) is 0 Å². The zero-order chi connectivity index (χ0) is 15.8. The smallest absolute Gasteiger partial charge is 0.238 e. The molecule has 1 amide bonds. The van der Waals surface area contributed by atoms with Crippen LogP contribution < -0.4 is 20.1 Å². The number of amides is 1. The molecule has 2 N–H and O–H groups in total. The Morgan fingerprint density at radius 1 is 1.09 bits per heavy atom. The molecule has 4 rings (SSSR count). The molecule has 5 nitrogen and oxygen atoms in total. The number of nitrogen functional groups attached to an aromatic ring is 1. The lowest BCUT2D eigenvalue weighted by Crippen LogP contribution is -2.28. The highest BCUT2D eigenvalue weighted by molar-refractivity contribution is 8.00. The number of carbonyl (C=O) groups excluding carboxylic acids is 1. The van der Waals surface area contributed by atoms with Gasteiger partial charge in [-0.1, -0.05) is 18.2 Å². The molecule has 0 unspecified atom stereocenters. The third-order valence-corrected chi connectivity index (χ3v) is 5.13. The van der Waals surface area contributed by atoms with Gasteiger partial charge in [0.1, 0.15) is 18.6 Å². The summed E-state index contributed by atoms with van der Waals surface area (Å²) in [5.74, 6) is 1.90. The van der Waals surface area contributed by atoms with E-state index in [1.807, 2.05) is 42.5 Å². The van der Waals surface area contributed by atoms with Crippen molar-refractivity contribution >= 4 is 29.0 Å². The molecule has 0 aromatic heterocycles. The van der Waals surface area contributed by atoms with Gasteiger partial charge in [0.25, 0.3) is 0 Å². The first-order chi connectivity index (χ1) is 11.2. The van der Waals surface area contributed by atoms with Crippen molar-refractivity contribution < 1.29 is 14.3 Å². The van der Waals surface area contributed by atoms with Crippen molar-refractivity contribution in [2.24, 2.45) is 0 Å². The summed E-state index contributed by atoms with van der Waals surface area (Å²) in [7, 11) is 0. The van der Waals surface area contributed by atoms with Crippen molar-refractivity contribution in [1.29, 1.82) is 0 Å². The SMILES string of the molecule is Nc1ccccc1[C@H]1SCC(=O)N1c1ccc2c(c1)OCCO2. The summed E-state index contributed by atoms with van der Waals surface area (Å²) in [4.78, 5) is 14.2. The molecular weight excluding hydrogens is 312 g/mol. The molecule has 23 heavy (non-hydrogen) atoms. The molecule has 2 heterocycles. The lowest BCUT2D eigenvalue weighted by Gasteiger charge is -2.27. The third kappa shape index (κ3) is 2.49. The van der Waals surface area contributed by atoms with Crippen molar-refractivity contribution in [3.8, 4) is 11.5 Å². The molecule has 0 aliphatic carbocycles. The topological polar surface area (TPSA) is 64.8 Å².